The molecule has 0 aromatic rings. The van der Waals surface area contributed by atoms with Gasteiger partial charge in [0.15, 0.2) is 0 Å². The Kier molecular flexibility index (Phi) is 4.20. The van der Waals surface area contributed by atoms with Crippen LogP contribution in [0.5, 0.6) is 0 Å². The quantitative estimate of drug-likeness (QED) is 0.694. The van der Waals surface area contributed by atoms with Gasteiger partial charge in [-0.05, 0) is 6.92 Å². The van der Waals surface area contributed by atoms with Crippen LogP contribution in [0.15, 0.2) is 0 Å². The van der Waals surface area contributed by atoms with E-state index in [1.165, 1.54) is 4.90 Å². The number of nitrogens with zero attached hydrogens (tertiary/aromatic N) is 2. The minimum atomic E-state index is -0.813. The van der Waals surface area contributed by atoms with Crippen molar-refractivity contribution in [2.45, 2.75) is 19.1 Å². The molecule has 0 saturated carbocycles. The van der Waals surface area contributed by atoms with Crippen molar-refractivity contribution < 1.29 is 14.6 Å². The molecule has 1 unspecified atom stereocenters. The molecular formula is C11H21N3O3. The first-order valence-corrected chi connectivity index (χ1v) is 6.20. The number of rotatable bonds is 2. The largest absolute Gasteiger partial charge is 0.465 e. The zero-order valence-electron chi connectivity index (χ0n) is 10.3. The van der Waals surface area contributed by atoms with Gasteiger partial charge in [0, 0.05) is 45.3 Å². The predicted octanol–water partition coefficient (Wildman–Crippen LogP) is -0.341. The van der Waals surface area contributed by atoms with Crippen LogP contribution in [0.1, 0.15) is 6.92 Å². The number of ether oxygens (including phenoxy) is 1. The topological polar surface area (TPSA) is 65.0 Å². The molecule has 0 bridgehead atoms. The fourth-order valence-electron chi connectivity index (χ4n) is 2.49. The van der Waals surface area contributed by atoms with Gasteiger partial charge in [0.25, 0.3) is 0 Å². The first kappa shape index (κ1) is 12.6. The summed E-state index contributed by atoms with van der Waals surface area (Å²) in [6.45, 7) is 7.54. The lowest BCUT2D eigenvalue weighted by Crippen LogP contribution is -2.57. The van der Waals surface area contributed by atoms with E-state index in [0.717, 1.165) is 32.8 Å². The molecule has 2 N–H and O–H groups in total. The maximum absolute atomic E-state index is 10.9. The van der Waals surface area contributed by atoms with E-state index in [-0.39, 0.29) is 12.1 Å². The lowest BCUT2D eigenvalue weighted by Gasteiger charge is -2.37. The first-order chi connectivity index (χ1) is 8.15. The molecule has 2 saturated heterocycles. The van der Waals surface area contributed by atoms with Crippen molar-refractivity contribution in [3.05, 3.63) is 0 Å². The Hall–Kier alpha value is -0.850. The Bertz CT molecular complexity index is 275. The van der Waals surface area contributed by atoms with Crippen LogP contribution < -0.4 is 5.32 Å². The van der Waals surface area contributed by atoms with Crippen LogP contribution in [-0.4, -0.2) is 79.0 Å². The molecule has 2 fully saturated rings. The molecule has 0 aliphatic carbocycles. The van der Waals surface area contributed by atoms with Gasteiger partial charge in [-0.15, -0.1) is 0 Å². The second-order valence-electron chi connectivity index (χ2n) is 4.82. The molecule has 2 rings (SSSR count). The maximum Gasteiger partial charge on any atom is 0.407 e. The van der Waals surface area contributed by atoms with E-state index < -0.39 is 6.09 Å². The van der Waals surface area contributed by atoms with Crippen molar-refractivity contribution in [1.82, 2.24) is 15.1 Å². The van der Waals surface area contributed by atoms with Crippen molar-refractivity contribution >= 4 is 6.09 Å². The third kappa shape index (κ3) is 3.55. The molecule has 2 atom stereocenters. The van der Waals surface area contributed by atoms with Crippen LogP contribution in [-0.2, 0) is 4.74 Å². The summed E-state index contributed by atoms with van der Waals surface area (Å²) in [5.74, 6) is 0. The van der Waals surface area contributed by atoms with Crippen molar-refractivity contribution in [1.29, 1.82) is 0 Å². The molecule has 98 valence electrons. The number of piperazine rings is 1. The highest BCUT2D eigenvalue weighted by molar-refractivity contribution is 5.65. The minimum absolute atomic E-state index is 0.241. The second-order valence-corrected chi connectivity index (χ2v) is 4.82. The SMILES string of the molecule is C[C@@H]1CN(CC2CN(C(=O)O)CCN2)CCO1. The molecule has 2 heterocycles. The first-order valence-electron chi connectivity index (χ1n) is 6.20. The summed E-state index contributed by atoms with van der Waals surface area (Å²) in [6, 6.07) is 0.241. The lowest BCUT2D eigenvalue weighted by molar-refractivity contribution is -0.0229. The molecule has 0 spiro atoms. The molecule has 6 heteroatoms. The van der Waals surface area contributed by atoms with Crippen molar-refractivity contribution in [2.75, 3.05) is 45.9 Å². The number of hydrogen-bond acceptors (Lipinski definition) is 4. The number of morpholine rings is 1. The van der Waals surface area contributed by atoms with Gasteiger partial charge in [0.2, 0.25) is 0 Å². The Morgan fingerprint density at radius 3 is 3.00 bits per heavy atom. The van der Waals surface area contributed by atoms with Crippen LogP contribution in [0.3, 0.4) is 0 Å². The van der Waals surface area contributed by atoms with Gasteiger partial charge in [0.05, 0.1) is 12.7 Å². The van der Waals surface area contributed by atoms with Gasteiger partial charge in [-0.2, -0.15) is 0 Å². The zero-order valence-corrected chi connectivity index (χ0v) is 10.3. The van der Waals surface area contributed by atoms with Gasteiger partial charge in [-0.3, -0.25) is 4.90 Å². The third-order valence-electron chi connectivity index (χ3n) is 3.33. The zero-order chi connectivity index (χ0) is 12.3. The molecule has 2 aliphatic heterocycles. The predicted molar refractivity (Wildman–Crippen MR) is 63.2 cm³/mol. The smallest absolute Gasteiger partial charge is 0.407 e. The van der Waals surface area contributed by atoms with Crippen LogP contribution >= 0.6 is 0 Å². The molecule has 0 aromatic heterocycles. The van der Waals surface area contributed by atoms with E-state index in [0.29, 0.717) is 13.1 Å². The molecular weight excluding hydrogens is 222 g/mol. The highest BCUT2D eigenvalue weighted by Crippen LogP contribution is 2.07. The second kappa shape index (κ2) is 5.66. The number of hydrogen-bond donors (Lipinski definition) is 2. The average Bonchev–Trinajstić information content (AvgIpc) is 2.29. The lowest BCUT2D eigenvalue weighted by atomic mass is 10.2. The Morgan fingerprint density at radius 2 is 2.29 bits per heavy atom. The summed E-state index contributed by atoms with van der Waals surface area (Å²) in [4.78, 5) is 14.7. The Labute approximate surface area is 102 Å². The summed E-state index contributed by atoms with van der Waals surface area (Å²) in [5.41, 5.74) is 0. The minimum Gasteiger partial charge on any atom is -0.465 e. The highest BCUT2D eigenvalue weighted by Gasteiger charge is 2.26. The van der Waals surface area contributed by atoms with E-state index in [1.54, 1.807) is 0 Å². The fraction of sp³-hybridized carbons (Fsp3) is 0.909. The number of nitrogens with one attached hydrogen (secondary N) is 1. The van der Waals surface area contributed by atoms with Crippen molar-refractivity contribution in [3.8, 4) is 0 Å². The fourth-order valence-corrected chi connectivity index (χ4v) is 2.49. The number of carboxylic acid groups (broad SMARTS) is 1. The Morgan fingerprint density at radius 1 is 1.47 bits per heavy atom. The molecule has 17 heavy (non-hydrogen) atoms. The summed E-state index contributed by atoms with van der Waals surface area (Å²) in [6.07, 6.45) is -0.533. The van der Waals surface area contributed by atoms with Crippen molar-refractivity contribution in [3.63, 3.8) is 0 Å². The molecule has 0 radical (unpaired) electrons. The van der Waals surface area contributed by atoms with Gasteiger partial charge >= 0.3 is 6.09 Å². The molecule has 1 amide bonds. The van der Waals surface area contributed by atoms with Crippen LogP contribution in [0.2, 0.25) is 0 Å². The van der Waals surface area contributed by atoms with Crippen LogP contribution in [0.4, 0.5) is 4.79 Å². The summed E-state index contributed by atoms with van der Waals surface area (Å²) in [5, 5.41) is 12.3. The number of amides is 1. The molecule has 0 aromatic carbocycles. The Balaban J connectivity index is 1.79. The summed E-state index contributed by atoms with van der Waals surface area (Å²) < 4.78 is 5.49. The van der Waals surface area contributed by atoms with Gasteiger partial charge in [-0.1, -0.05) is 0 Å². The monoisotopic (exact) mass is 243 g/mol. The average molecular weight is 243 g/mol. The van der Waals surface area contributed by atoms with E-state index in [4.69, 9.17) is 9.84 Å². The summed E-state index contributed by atoms with van der Waals surface area (Å²) >= 11 is 0. The third-order valence-corrected chi connectivity index (χ3v) is 3.33. The van der Waals surface area contributed by atoms with E-state index in [1.807, 2.05) is 0 Å². The molecule has 2 aliphatic rings. The van der Waals surface area contributed by atoms with Gasteiger partial charge < -0.3 is 20.1 Å². The van der Waals surface area contributed by atoms with Crippen molar-refractivity contribution in [2.24, 2.45) is 0 Å². The van der Waals surface area contributed by atoms with Crippen LogP contribution in [0.25, 0.3) is 0 Å². The normalized spacial score (nSPS) is 31.5. The highest BCUT2D eigenvalue weighted by atomic mass is 16.5. The molecule has 6 nitrogen and oxygen atoms in total. The van der Waals surface area contributed by atoms with E-state index in [2.05, 4.69) is 17.1 Å². The van der Waals surface area contributed by atoms with Gasteiger partial charge in [-0.25, -0.2) is 4.79 Å². The number of carbonyl (C=O) groups is 1. The van der Waals surface area contributed by atoms with Gasteiger partial charge in [0.1, 0.15) is 0 Å². The summed E-state index contributed by atoms with van der Waals surface area (Å²) in [7, 11) is 0. The van der Waals surface area contributed by atoms with E-state index in [9.17, 15) is 4.79 Å². The van der Waals surface area contributed by atoms with E-state index >= 15 is 0 Å². The van der Waals surface area contributed by atoms with Crippen LogP contribution in [0, 0.1) is 0 Å². The standard InChI is InChI=1S/C11H21N3O3/c1-9-6-13(4-5-17-9)7-10-8-14(11(15)16)3-2-12-10/h9-10,12H,2-8H2,1H3,(H,15,16)/t9-,10?/m1/s1. The maximum atomic E-state index is 10.9.